The monoisotopic (exact) mass is 404 g/mol. The molecule has 3 rings (SSSR count). The lowest BCUT2D eigenvalue weighted by molar-refractivity contribution is -0.142. The average Bonchev–Trinajstić information content (AvgIpc) is 3.08. The molecule has 1 aliphatic heterocycles. The normalized spacial score (nSPS) is 20.6. The lowest BCUT2D eigenvalue weighted by Crippen LogP contribution is -2.51. The lowest BCUT2D eigenvalue weighted by Gasteiger charge is -2.19. The van der Waals surface area contributed by atoms with Crippen LogP contribution in [0.15, 0.2) is 24.4 Å². The largest absolute Gasteiger partial charge is 0.508 e. The van der Waals surface area contributed by atoms with E-state index in [1.165, 1.54) is 24.3 Å². The number of hydrogen-bond acceptors (Lipinski definition) is 7. The SMILES string of the molecule is C[C@@H]1NC(=O)CNc2ncc(s2)Cc2cc(ccc2O)C[C@@H](C(=O)O)NC1=O. The summed E-state index contributed by atoms with van der Waals surface area (Å²) in [6.07, 6.45) is 2.11. The first kappa shape index (κ1) is 19.6. The number of carboxylic acid groups (broad SMARTS) is 1. The molecule has 1 aliphatic rings. The van der Waals surface area contributed by atoms with Crippen molar-refractivity contribution in [2.75, 3.05) is 11.9 Å². The molecular weight excluding hydrogens is 384 g/mol. The van der Waals surface area contributed by atoms with Gasteiger partial charge >= 0.3 is 5.97 Å². The van der Waals surface area contributed by atoms with Crippen LogP contribution in [-0.2, 0) is 27.2 Å². The predicted octanol–water partition coefficient (Wildman–Crippen LogP) is 0.482. The van der Waals surface area contributed by atoms with Crippen LogP contribution in [0.1, 0.15) is 22.9 Å². The number of amides is 2. The van der Waals surface area contributed by atoms with Gasteiger partial charge in [0.05, 0.1) is 6.54 Å². The summed E-state index contributed by atoms with van der Waals surface area (Å²) in [4.78, 5) is 41.0. The van der Waals surface area contributed by atoms with E-state index >= 15 is 0 Å². The van der Waals surface area contributed by atoms with E-state index < -0.39 is 29.9 Å². The van der Waals surface area contributed by atoms with Gasteiger partial charge in [0.25, 0.3) is 0 Å². The van der Waals surface area contributed by atoms with Gasteiger partial charge in [-0.15, -0.1) is 11.3 Å². The van der Waals surface area contributed by atoms with Crippen LogP contribution < -0.4 is 16.0 Å². The van der Waals surface area contributed by atoms with Gasteiger partial charge in [0, 0.05) is 23.9 Å². The van der Waals surface area contributed by atoms with Crippen molar-refractivity contribution in [3.8, 4) is 5.75 Å². The third kappa shape index (κ3) is 4.77. The summed E-state index contributed by atoms with van der Waals surface area (Å²) in [5.74, 6) is -2.10. The first-order valence-corrected chi connectivity index (χ1v) is 9.45. The zero-order valence-electron chi connectivity index (χ0n) is 15.1. The average molecular weight is 404 g/mol. The number of aliphatic carboxylic acids is 1. The molecule has 0 radical (unpaired) electrons. The van der Waals surface area contributed by atoms with E-state index in [0.717, 1.165) is 4.88 Å². The molecule has 148 valence electrons. The molecule has 0 spiro atoms. The number of hydrogen-bond donors (Lipinski definition) is 5. The number of nitrogens with zero attached hydrogens (tertiary/aromatic N) is 1. The van der Waals surface area contributed by atoms with Crippen LogP contribution in [0.2, 0.25) is 0 Å². The smallest absolute Gasteiger partial charge is 0.326 e. The number of carbonyl (C=O) groups excluding carboxylic acids is 2. The number of benzene rings is 1. The molecule has 2 heterocycles. The van der Waals surface area contributed by atoms with Gasteiger partial charge in [0.1, 0.15) is 17.8 Å². The Kier molecular flexibility index (Phi) is 5.78. The molecule has 0 fully saturated rings. The van der Waals surface area contributed by atoms with Crippen LogP contribution in [0.4, 0.5) is 5.13 Å². The maximum atomic E-state index is 12.3. The number of anilines is 1. The molecule has 0 saturated heterocycles. The first-order chi connectivity index (χ1) is 13.3. The van der Waals surface area contributed by atoms with E-state index in [4.69, 9.17) is 0 Å². The van der Waals surface area contributed by atoms with Crippen molar-refractivity contribution in [3.05, 3.63) is 40.4 Å². The van der Waals surface area contributed by atoms with Crippen LogP contribution in [0, 0.1) is 0 Å². The van der Waals surface area contributed by atoms with Crippen molar-refractivity contribution in [2.24, 2.45) is 0 Å². The Morgan fingerprint density at radius 1 is 1.29 bits per heavy atom. The zero-order chi connectivity index (χ0) is 20.3. The van der Waals surface area contributed by atoms with Crippen molar-refractivity contribution in [1.82, 2.24) is 15.6 Å². The number of aromatic hydroxyl groups is 1. The molecule has 1 aromatic carbocycles. The highest BCUT2D eigenvalue weighted by Gasteiger charge is 2.25. The molecule has 0 aliphatic carbocycles. The second-order valence-electron chi connectivity index (χ2n) is 6.52. The van der Waals surface area contributed by atoms with Crippen LogP contribution in [0.3, 0.4) is 0 Å². The summed E-state index contributed by atoms with van der Waals surface area (Å²) in [6.45, 7) is 1.41. The second kappa shape index (κ2) is 8.26. The molecule has 2 aromatic rings. The zero-order valence-corrected chi connectivity index (χ0v) is 15.9. The maximum Gasteiger partial charge on any atom is 0.326 e. The number of nitrogens with one attached hydrogen (secondary N) is 3. The third-order valence-corrected chi connectivity index (χ3v) is 5.24. The Morgan fingerprint density at radius 3 is 2.82 bits per heavy atom. The number of phenolic OH excluding ortho intramolecular Hbond substituents is 1. The molecule has 1 aromatic heterocycles. The van der Waals surface area contributed by atoms with Crippen LogP contribution in [0.25, 0.3) is 0 Å². The van der Waals surface area contributed by atoms with Gasteiger partial charge in [-0.2, -0.15) is 0 Å². The minimum absolute atomic E-state index is 0.0461. The quantitative estimate of drug-likeness (QED) is 0.466. The lowest BCUT2D eigenvalue weighted by atomic mass is 10.0. The highest BCUT2D eigenvalue weighted by molar-refractivity contribution is 7.15. The Hall–Kier alpha value is -3.14. The summed E-state index contributed by atoms with van der Waals surface area (Å²) in [7, 11) is 0. The number of thiazole rings is 1. The molecule has 9 nitrogen and oxygen atoms in total. The van der Waals surface area contributed by atoms with E-state index in [0.29, 0.717) is 22.7 Å². The minimum atomic E-state index is -1.18. The fourth-order valence-corrected chi connectivity index (χ4v) is 3.64. The number of aromatic nitrogens is 1. The Labute approximate surface area is 164 Å². The fraction of sp³-hybridized carbons (Fsp3) is 0.333. The highest BCUT2D eigenvalue weighted by Crippen LogP contribution is 2.26. The van der Waals surface area contributed by atoms with Crippen LogP contribution in [0.5, 0.6) is 5.75 Å². The van der Waals surface area contributed by atoms with E-state index in [1.807, 2.05) is 0 Å². The molecule has 0 unspecified atom stereocenters. The summed E-state index contributed by atoms with van der Waals surface area (Å²) >= 11 is 1.35. The minimum Gasteiger partial charge on any atom is -0.508 e. The number of rotatable bonds is 1. The van der Waals surface area contributed by atoms with Crippen LogP contribution in [-0.4, -0.2) is 51.6 Å². The van der Waals surface area contributed by atoms with Crippen LogP contribution >= 0.6 is 11.3 Å². The summed E-state index contributed by atoms with van der Waals surface area (Å²) in [5.41, 5.74) is 1.29. The van der Waals surface area contributed by atoms with Crippen molar-refractivity contribution in [3.63, 3.8) is 0 Å². The molecule has 2 atom stereocenters. The maximum absolute atomic E-state index is 12.3. The molecular formula is C18H20N4O5S. The summed E-state index contributed by atoms with van der Waals surface area (Å²) in [6, 6.07) is 2.80. The van der Waals surface area contributed by atoms with Gasteiger partial charge in [-0.3, -0.25) is 9.59 Å². The summed E-state index contributed by atoms with van der Waals surface area (Å²) in [5, 5.41) is 28.0. The molecule has 4 bridgehead atoms. The van der Waals surface area contributed by atoms with Crippen molar-refractivity contribution < 1.29 is 24.6 Å². The van der Waals surface area contributed by atoms with Gasteiger partial charge in [-0.05, 0) is 24.1 Å². The van der Waals surface area contributed by atoms with E-state index in [9.17, 15) is 24.6 Å². The topological polar surface area (TPSA) is 141 Å². The van der Waals surface area contributed by atoms with Crippen molar-refractivity contribution in [1.29, 1.82) is 0 Å². The van der Waals surface area contributed by atoms with Crippen molar-refractivity contribution >= 4 is 34.3 Å². The molecule has 0 saturated carbocycles. The number of carbonyl (C=O) groups is 3. The van der Waals surface area contributed by atoms with E-state index in [2.05, 4.69) is 20.9 Å². The number of phenols is 1. The number of carboxylic acids is 1. The molecule has 2 amide bonds. The number of fused-ring (bicyclic) bond motifs is 4. The predicted molar refractivity (Wildman–Crippen MR) is 102 cm³/mol. The Balaban J connectivity index is 1.94. The highest BCUT2D eigenvalue weighted by atomic mass is 32.1. The van der Waals surface area contributed by atoms with Gasteiger partial charge in [-0.1, -0.05) is 12.1 Å². The van der Waals surface area contributed by atoms with Gasteiger partial charge in [0.15, 0.2) is 5.13 Å². The fourth-order valence-electron chi connectivity index (χ4n) is 2.81. The summed E-state index contributed by atoms with van der Waals surface area (Å²) < 4.78 is 0. The molecule has 28 heavy (non-hydrogen) atoms. The Bertz CT molecular complexity index is 913. The van der Waals surface area contributed by atoms with Gasteiger partial charge < -0.3 is 26.2 Å². The second-order valence-corrected chi connectivity index (χ2v) is 7.63. The first-order valence-electron chi connectivity index (χ1n) is 8.63. The van der Waals surface area contributed by atoms with Gasteiger partial charge in [0.2, 0.25) is 11.8 Å². The van der Waals surface area contributed by atoms with Gasteiger partial charge in [-0.25, -0.2) is 9.78 Å². The van der Waals surface area contributed by atoms with E-state index in [1.54, 1.807) is 18.3 Å². The van der Waals surface area contributed by atoms with E-state index in [-0.39, 0.29) is 18.7 Å². The third-order valence-electron chi connectivity index (χ3n) is 4.29. The molecule has 10 heteroatoms. The molecule has 5 N–H and O–H groups in total. The standard InChI is InChI=1S/C18H20N4O5S/c1-9-16(25)22-13(17(26)27)5-10-2-3-14(23)11(4-10)6-12-7-19-18(28-12)20-8-15(24)21-9/h2-4,7,9,13,23H,5-6,8H2,1H3,(H,19,20)(H,21,24)(H,22,25)(H,26,27)/t9-,13-/m0/s1. The van der Waals surface area contributed by atoms with Crippen molar-refractivity contribution in [2.45, 2.75) is 31.8 Å². The Morgan fingerprint density at radius 2 is 2.07 bits per heavy atom.